The fourth-order valence-electron chi connectivity index (χ4n) is 2.05. The first-order valence-corrected chi connectivity index (χ1v) is 6.11. The van der Waals surface area contributed by atoms with Gasteiger partial charge in [-0.1, -0.05) is 26.2 Å². The summed E-state index contributed by atoms with van der Waals surface area (Å²) in [6.07, 6.45) is 8.85. The number of hydrogen-bond acceptors (Lipinski definition) is 2. The predicted molar refractivity (Wildman–Crippen MR) is 62.2 cm³/mol. The van der Waals surface area contributed by atoms with Gasteiger partial charge in [-0.2, -0.15) is 0 Å². The van der Waals surface area contributed by atoms with E-state index in [2.05, 4.69) is 11.8 Å². The Balaban J connectivity index is 1.98. The van der Waals surface area contributed by atoms with Crippen molar-refractivity contribution in [1.29, 1.82) is 5.41 Å². The average molecular weight is 196 g/mol. The summed E-state index contributed by atoms with van der Waals surface area (Å²) in [7, 11) is 0. The lowest BCUT2D eigenvalue weighted by molar-refractivity contribution is 0.385. The first-order chi connectivity index (χ1) is 6.83. The van der Waals surface area contributed by atoms with E-state index in [9.17, 15) is 0 Å². The molecule has 1 aliphatic rings. The molecule has 0 bridgehead atoms. The van der Waals surface area contributed by atoms with Crippen molar-refractivity contribution in [2.75, 3.05) is 19.6 Å². The molecule has 2 heteroatoms. The average Bonchev–Trinajstić information content (AvgIpc) is 2.65. The second-order valence-electron chi connectivity index (χ2n) is 4.40. The van der Waals surface area contributed by atoms with Gasteiger partial charge in [0.05, 0.1) is 0 Å². The Hall–Kier alpha value is -0.370. The highest BCUT2D eigenvalue weighted by molar-refractivity contribution is 5.83. The summed E-state index contributed by atoms with van der Waals surface area (Å²) in [4.78, 5) is 2.42. The molecule has 0 aromatic heterocycles. The van der Waals surface area contributed by atoms with Crippen molar-refractivity contribution in [2.45, 2.75) is 51.9 Å². The molecule has 1 aliphatic heterocycles. The maximum Gasteiger partial charge on any atom is 0.0360 e. The highest BCUT2D eigenvalue weighted by Gasteiger charge is 2.12. The van der Waals surface area contributed by atoms with Crippen LogP contribution in [-0.2, 0) is 0 Å². The Morgan fingerprint density at radius 2 is 1.86 bits per heavy atom. The monoisotopic (exact) mass is 196 g/mol. The minimum atomic E-state index is 0.937. The van der Waals surface area contributed by atoms with Gasteiger partial charge >= 0.3 is 0 Å². The van der Waals surface area contributed by atoms with E-state index >= 15 is 0 Å². The van der Waals surface area contributed by atoms with Gasteiger partial charge in [-0.05, 0) is 38.8 Å². The maximum atomic E-state index is 7.85. The third kappa shape index (κ3) is 4.75. The summed E-state index contributed by atoms with van der Waals surface area (Å²) in [5, 5.41) is 7.85. The van der Waals surface area contributed by atoms with E-state index in [1.165, 1.54) is 51.6 Å². The molecule has 2 nitrogen and oxygen atoms in total. The molecule has 0 radical (unpaired) electrons. The third-order valence-electron chi connectivity index (χ3n) is 2.95. The van der Waals surface area contributed by atoms with Crippen LogP contribution < -0.4 is 0 Å². The zero-order valence-electron chi connectivity index (χ0n) is 9.52. The van der Waals surface area contributed by atoms with Crippen LogP contribution in [0.3, 0.4) is 0 Å². The number of nitrogens with zero attached hydrogens (tertiary/aromatic N) is 1. The molecule has 1 fully saturated rings. The SMILES string of the molecule is CCCCCCC(=N)CN1CCCC1. The Bertz CT molecular complexity index is 160. The Morgan fingerprint density at radius 3 is 2.50 bits per heavy atom. The van der Waals surface area contributed by atoms with E-state index in [1.54, 1.807) is 0 Å². The molecule has 0 atom stereocenters. The molecule has 1 rings (SSSR count). The lowest BCUT2D eigenvalue weighted by Crippen LogP contribution is -2.26. The fraction of sp³-hybridized carbons (Fsp3) is 0.917. The van der Waals surface area contributed by atoms with Crippen LogP contribution in [0.25, 0.3) is 0 Å². The van der Waals surface area contributed by atoms with Crippen LogP contribution in [0.2, 0.25) is 0 Å². The van der Waals surface area contributed by atoms with Crippen molar-refractivity contribution in [3.63, 3.8) is 0 Å². The second-order valence-corrected chi connectivity index (χ2v) is 4.40. The molecule has 0 amide bonds. The van der Waals surface area contributed by atoms with E-state index in [0.717, 1.165) is 18.7 Å². The van der Waals surface area contributed by atoms with Crippen molar-refractivity contribution in [3.05, 3.63) is 0 Å². The minimum absolute atomic E-state index is 0.937. The third-order valence-corrected chi connectivity index (χ3v) is 2.95. The Labute approximate surface area is 88.2 Å². The molecule has 1 N–H and O–H groups in total. The maximum absolute atomic E-state index is 7.85. The lowest BCUT2D eigenvalue weighted by atomic mass is 10.1. The molecule has 1 saturated heterocycles. The zero-order valence-corrected chi connectivity index (χ0v) is 9.52. The fourth-order valence-corrected chi connectivity index (χ4v) is 2.05. The second kappa shape index (κ2) is 6.99. The number of nitrogens with one attached hydrogen (secondary N) is 1. The van der Waals surface area contributed by atoms with Crippen LogP contribution in [-0.4, -0.2) is 30.2 Å². The largest absolute Gasteiger partial charge is 0.308 e. The van der Waals surface area contributed by atoms with E-state index in [4.69, 9.17) is 5.41 Å². The van der Waals surface area contributed by atoms with Gasteiger partial charge in [-0.3, -0.25) is 4.90 Å². The normalized spacial score (nSPS) is 17.5. The van der Waals surface area contributed by atoms with Gasteiger partial charge in [0, 0.05) is 12.3 Å². The van der Waals surface area contributed by atoms with Crippen molar-refractivity contribution in [2.24, 2.45) is 0 Å². The lowest BCUT2D eigenvalue weighted by Gasteiger charge is -2.14. The van der Waals surface area contributed by atoms with Crippen LogP contribution in [0.15, 0.2) is 0 Å². The summed E-state index contributed by atoms with van der Waals surface area (Å²) in [5.41, 5.74) is 0.947. The van der Waals surface area contributed by atoms with Gasteiger partial charge < -0.3 is 5.41 Å². The van der Waals surface area contributed by atoms with Crippen LogP contribution >= 0.6 is 0 Å². The Kier molecular flexibility index (Phi) is 5.85. The molecule has 0 unspecified atom stereocenters. The van der Waals surface area contributed by atoms with Crippen molar-refractivity contribution in [1.82, 2.24) is 4.90 Å². The number of hydrogen-bond donors (Lipinski definition) is 1. The standard InChI is InChI=1S/C12H24N2/c1-2-3-4-5-8-12(13)11-14-9-6-7-10-14/h13H,2-11H2,1H3. The van der Waals surface area contributed by atoms with Crippen LogP contribution in [0.5, 0.6) is 0 Å². The molecule has 0 saturated carbocycles. The predicted octanol–water partition coefficient (Wildman–Crippen LogP) is 3.07. The van der Waals surface area contributed by atoms with Crippen molar-refractivity contribution >= 4 is 5.71 Å². The summed E-state index contributed by atoms with van der Waals surface area (Å²) in [6.45, 7) is 5.61. The van der Waals surface area contributed by atoms with Crippen LogP contribution in [0.4, 0.5) is 0 Å². The molecule has 1 heterocycles. The number of unbranched alkanes of at least 4 members (excludes halogenated alkanes) is 3. The van der Waals surface area contributed by atoms with E-state index < -0.39 is 0 Å². The first kappa shape index (κ1) is 11.7. The molecular formula is C12H24N2. The smallest absolute Gasteiger partial charge is 0.0360 e. The van der Waals surface area contributed by atoms with Crippen molar-refractivity contribution < 1.29 is 0 Å². The molecular weight excluding hydrogens is 172 g/mol. The van der Waals surface area contributed by atoms with Crippen LogP contribution in [0, 0.1) is 5.41 Å². The summed E-state index contributed by atoms with van der Waals surface area (Å²) < 4.78 is 0. The Morgan fingerprint density at radius 1 is 1.14 bits per heavy atom. The minimum Gasteiger partial charge on any atom is -0.308 e. The molecule has 0 aromatic rings. The number of likely N-dealkylation sites (tertiary alicyclic amines) is 1. The first-order valence-electron chi connectivity index (χ1n) is 6.11. The van der Waals surface area contributed by atoms with Gasteiger partial charge in [-0.25, -0.2) is 0 Å². The van der Waals surface area contributed by atoms with E-state index in [1.807, 2.05) is 0 Å². The molecule has 82 valence electrons. The molecule has 0 aliphatic carbocycles. The zero-order chi connectivity index (χ0) is 10.2. The highest BCUT2D eigenvalue weighted by Crippen LogP contribution is 2.09. The van der Waals surface area contributed by atoms with Gasteiger partial charge in [-0.15, -0.1) is 0 Å². The van der Waals surface area contributed by atoms with Gasteiger partial charge in [0.25, 0.3) is 0 Å². The quantitative estimate of drug-likeness (QED) is 0.491. The van der Waals surface area contributed by atoms with Gasteiger partial charge in [0.1, 0.15) is 0 Å². The topological polar surface area (TPSA) is 27.1 Å². The molecule has 0 aromatic carbocycles. The van der Waals surface area contributed by atoms with Crippen molar-refractivity contribution in [3.8, 4) is 0 Å². The van der Waals surface area contributed by atoms with E-state index in [-0.39, 0.29) is 0 Å². The highest BCUT2D eigenvalue weighted by atomic mass is 15.1. The molecule has 14 heavy (non-hydrogen) atoms. The summed E-state index contributed by atoms with van der Waals surface area (Å²) >= 11 is 0. The summed E-state index contributed by atoms with van der Waals surface area (Å²) in [6, 6.07) is 0. The molecule has 0 spiro atoms. The van der Waals surface area contributed by atoms with Gasteiger partial charge in [0.2, 0.25) is 0 Å². The van der Waals surface area contributed by atoms with Gasteiger partial charge in [0.15, 0.2) is 0 Å². The summed E-state index contributed by atoms with van der Waals surface area (Å²) in [5.74, 6) is 0. The van der Waals surface area contributed by atoms with Crippen LogP contribution in [0.1, 0.15) is 51.9 Å². The number of rotatable bonds is 7. The van der Waals surface area contributed by atoms with E-state index in [0.29, 0.717) is 0 Å².